The Kier molecular flexibility index (Phi) is 5.80. The first-order chi connectivity index (χ1) is 13.6. The smallest absolute Gasteiger partial charge is 0.236 e. The van der Waals surface area contributed by atoms with Crippen molar-refractivity contribution in [3.8, 4) is 0 Å². The average molecular weight is 415 g/mol. The third-order valence-corrected chi connectivity index (χ3v) is 6.30. The molecule has 7 heteroatoms. The Morgan fingerprint density at radius 2 is 1.93 bits per heavy atom. The lowest BCUT2D eigenvalue weighted by molar-refractivity contribution is -0.131. The largest absolute Gasteiger partial charge is 0.369 e. The normalized spacial score (nSPS) is 15.1. The summed E-state index contributed by atoms with van der Waals surface area (Å²) in [6, 6.07) is 16.0. The van der Waals surface area contributed by atoms with Crippen LogP contribution in [-0.4, -0.2) is 60.5 Å². The second-order valence-corrected chi connectivity index (χ2v) is 8.62. The molecule has 4 rings (SSSR count). The van der Waals surface area contributed by atoms with E-state index in [9.17, 15) is 4.79 Å². The molecular weight excluding hydrogens is 392 g/mol. The minimum Gasteiger partial charge on any atom is -0.369 e. The minimum absolute atomic E-state index is 0.135. The number of hydrogen-bond donors (Lipinski definition) is 0. The molecule has 0 atom stereocenters. The van der Waals surface area contributed by atoms with Gasteiger partial charge in [0.1, 0.15) is 5.01 Å². The Morgan fingerprint density at radius 1 is 1.14 bits per heavy atom. The Hall–Kier alpha value is -2.15. The van der Waals surface area contributed by atoms with E-state index in [-0.39, 0.29) is 5.91 Å². The quantitative estimate of drug-likeness (QED) is 0.637. The van der Waals surface area contributed by atoms with Crippen LogP contribution in [0.4, 0.5) is 5.69 Å². The number of thiazole rings is 1. The van der Waals surface area contributed by atoms with E-state index in [2.05, 4.69) is 26.9 Å². The van der Waals surface area contributed by atoms with Crippen molar-refractivity contribution < 1.29 is 4.79 Å². The number of para-hydroxylation sites is 1. The Labute approximate surface area is 174 Å². The zero-order valence-corrected chi connectivity index (χ0v) is 17.4. The van der Waals surface area contributed by atoms with Crippen LogP contribution in [0, 0.1) is 0 Å². The predicted octanol–water partition coefficient (Wildman–Crippen LogP) is 3.73. The highest BCUT2D eigenvalue weighted by Crippen LogP contribution is 2.23. The third-order valence-electron chi connectivity index (χ3n) is 5.04. The molecule has 1 saturated heterocycles. The van der Waals surface area contributed by atoms with Crippen molar-refractivity contribution in [1.82, 2.24) is 14.8 Å². The molecule has 0 spiro atoms. The average Bonchev–Trinajstić information content (AvgIpc) is 3.10. The van der Waals surface area contributed by atoms with Gasteiger partial charge in [-0.2, -0.15) is 0 Å². The van der Waals surface area contributed by atoms with Crippen molar-refractivity contribution in [3.05, 3.63) is 58.6 Å². The molecule has 0 radical (unpaired) electrons. The van der Waals surface area contributed by atoms with Crippen LogP contribution in [-0.2, 0) is 11.3 Å². The monoisotopic (exact) mass is 414 g/mol. The Morgan fingerprint density at radius 3 is 2.68 bits per heavy atom. The lowest BCUT2D eigenvalue weighted by atomic mass is 10.2. The number of piperazine rings is 1. The second-order valence-electron chi connectivity index (χ2n) is 7.07. The molecule has 1 aromatic heterocycles. The number of hydrogen-bond acceptors (Lipinski definition) is 5. The van der Waals surface area contributed by atoms with E-state index in [1.807, 2.05) is 43.4 Å². The fourth-order valence-corrected chi connectivity index (χ4v) is 4.63. The molecule has 5 nitrogen and oxygen atoms in total. The van der Waals surface area contributed by atoms with Gasteiger partial charge in [-0.3, -0.25) is 9.69 Å². The first kappa shape index (κ1) is 19.2. The highest BCUT2D eigenvalue weighted by atomic mass is 35.5. The fraction of sp³-hybridized carbons (Fsp3) is 0.333. The van der Waals surface area contributed by atoms with E-state index < -0.39 is 0 Å². The van der Waals surface area contributed by atoms with E-state index >= 15 is 0 Å². The summed E-state index contributed by atoms with van der Waals surface area (Å²) in [4.78, 5) is 23.6. The maximum absolute atomic E-state index is 12.7. The highest BCUT2D eigenvalue weighted by molar-refractivity contribution is 7.18. The minimum atomic E-state index is 0.135. The van der Waals surface area contributed by atoms with Gasteiger partial charge < -0.3 is 9.80 Å². The van der Waals surface area contributed by atoms with Gasteiger partial charge in [-0.05, 0) is 30.3 Å². The van der Waals surface area contributed by atoms with Gasteiger partial charge in [0.2, 0.25) is 5.91 Å². The molecule has 0 unspecified atom stereocenters. The summed E-state index contributed by atoms with van der Waals surface area (Å²) in [5, 5.41) is 1.73. The van der Waals surface area contributed by atoms with E-state index in [0.717, 1.165) is 52.1 Å². The van der Waals surface area contributed by atoms with Gasteiger partial charge >= 0.3 is 0 Å². The van der Waals surface area contributed by atoms with Gasteiger partial charge in [0.05, 0.1) is 23.3 Å². The van der Waals surface area contributed by atoms with Crippen LogP contribution in [0.5, 0.6) is 0 Å². The van der Waals surface area contributed by atoms with Gasteiger partial charge in [0.15, 0.2) is 0 Å². The zero-order chi connectivity index (χ0) is 19.5. The molecule has 0 aliphatic carbocycles. The number of nitrogens with zero attached hydrogens (tertiary/aromatic N) is 4. The SMILES string of the molecule is CN(Cc1nc2ccccc2s1)C(=O)CN1CCN(c2cccc(Cl)c2)CC1. The van der Waals surface area contributed by atoms with Gasteiger partial charge in [-0.15, -0.1) is 11.3 Å². The molecular formula is C21H23ClN4OS. The third kappa shape index (κ3) is 4.46. The molecule has 1 aliphatic heterocycles. The van der Waals surface area contributed by atoms with E-state index in [1.54, 1.807) is 16.2 Å². The lowest BCUT2D eigenvalue weighted by Crippen LogP contribution is -2.49. The summed E-state index contributed by atoms with van der Waals surface area (Å²) >= 11 is 7.75. The number of halogens is 1. The van der Waals surface area contributed by atoms with Crippen LogP contribution < -0.4 is 4.90 Å². The van der Waals surface area contributed by atoms with Gasteiger partial charge in [0, 0.05) is 43.9 Å². The van der Waals surface area contributed by atoms with Gasteiger partial charge in [-0.1, -0.05) is 29.8 Å². The van der Waals surface area contributed by atoms with Crippen molar-refractivity contribution in [2.75, 3.05) is 44.7 Å². The van der Waals surface area contributed by atoms with Crippen LogP contribution >= 0.6 is 22.9 Å². The maximum Gasteiger partial charge on any atom is 0.236 e. The van der Waals surface area contributed by atoms with E-state index in [4.69, 9.17) is 11.6 Å². The van der Waals surface area contributed by atoms with Crippen LogP contribution in [0.1, 0.15) is 5.01 Å². The number of amides is 1. The lowest BCUT2D eigenvalue weighted by Gasteiger charge is -2.36. The van der Waals surface area contributed by atoms with Gasteiger partial charge in [-0.25, -0.2) is 4.98 Å². The van der Waals surface area contributed by atoms with Crippen molar-refractivity contribution in [1.29, 1.82) is 0 Å². The topological polar surface area (TPSA) is 39.7 Å². The first-order valence-corrected chi connectivity index (χ1v) is 10.6. The Balaban J connectivity index is 1.29. The van der Waals surface area contributed by atoms with Crippen LogP contribution in [0.15, 0.2) is 48.5 Å². The maximum atomic E-state index is 12.7. The van der Waals surface area contributed by atoms with Crippen molar-refractivity contribution in [3.63, 3.8) is 0 Å². The molecule has 2 aromatic carbocycles. The number of carbonyl (C=O) groups excluding carboxylic acids is 1. The number of fused-ring (bicyclic) bond motifs is 1. The zero-order valence-electron chi connectivity index (χ0n) is 15.8. The highest BCUT2D eigenvalue weighted by Gasteiger charge is 2.21. The van der Waals surface area contributed by atoms with E-state index in [1.165, 1.54) is 0 Å². The molecule has 28 heavy (non-hydrogen) atoms. The summed E-state index contributed by atoms with van der Waals surface area (Å²) in [7, 11) is 1.86. The Bertz CT molecular complexity index is 935. The van der Waals surface area contributed by atoms with Gasteiger partial charge in [0.25, 0.3) is 0 Å². The summed E-state index contributed by atoms with van der Waals surface area (Å²) in [6.45, 7) is 4.54. The van der Waals surface area contributed by atoms with Crippen molar-refractivity contribution in [2.24, 2.45) is 0 Å². The molecule has 0 saturated carbocycles. The molecule has 1 aliphatic rings. The van der Waals surface area contributed by atoms with Crippen molar-refractivity contribution >= 4 is 44.7 Å². The second kappa shape index (κ2) is 8.47. The number of likely N-dealkylation sites (N-methyl/N-ethyl adjacent to an activating group) is 1. The predicted molar refractivity (Wildman–Crippen MR) is 116 cm³/mol. The number of rotatable bonds is 5. The fourth-order valence-electron chi connectivity index (χ4n) is 3.43. The summed E-state index contributed by atoms with van der Waals surface area (Å²) in [5.74, 6) is 0.135. The van der Waals surface area contributed by atoms with Crippen molar-refractivity contribution in [2.45, 2.75) is 6.54 Å². The molecule has 1 fully saturated rings. The van der Waals surface area contributed by atoms with E-state index in [0.29, 0.717) is 13.1 Å². The molecule has 0 N–H and O–H groups in total. The van der Waals surface area contributed by atoms with Crippen LogP contribution in [0.2, 0.25) is 5.02 Å². The molecule has 146 valence electrons. The molecule has 3 aromatic rings. The summed E-state index contributed by atoms with van der Waals surface area (Å²) in [6.07, 6.45) is 0. The molecule has 1 amide bonds. The molecule has 2 heterocycles. The summed E-state index contributed by atoms with van der Waals surface area (Å²) in [5.41, 5.74) is 2.15. The summed E-state index contributed by atoms with van der Waals surface area (Å²) < 4.78 is 1.16. The number of benzene rings is 2. The standard InChI is InChI=1S/C21H23ClN4OS/c1-24(14-20-23-18-7-2-3-8-19(18)28-20)21(27)15-25-9-11-26(12-10-25)17-6-4-5-16(22)13-17/h2-8,13H,9-12,14-15H2,1H3. The number of carbonyl (C=O) groups is 1. The molecule has 0 bridgehead atoms. The first-order valence-electron chi connectivity index (χ1n) is 9.40. The van der Waals surface area contributed by atoms with Crippen LogP contribution in [0.25, 0.3) is 10.2 Å². The number of aromatic nitrogens is 1. The number of anilines is 1. The van der Waals surface area contributed by atoms with Crippen LogP contribution in [0.3, 0.4) is 0 Å².